The van der Waals surface area contributed by atoms with Crippen LogP contribution in [0.3, 0.4) is 0 Å². The van der Waals surface area contributed by atoms with E-state index in [9.17, 15) is 0 Å². The number of benzene rings is 7. The first-order valence-corrected chi connectivity index (χ1v) is 18.0. The quantitative estimate of drug-likeness (QED) is 0.187. The van der Waals surface area contributed by atoms with Gasteiger partial charge in [0.25, 0.3) is 0 Å². The van der Waals surface area contributed by atoms with Gasteiger partial charge in [-0.3, -0.25) is 4.57 Å². The lowest BCUT2D eigenvalue weighted by molar-refractivity contribution is 1.02. The molecule has 238 valence electrons. The van der Waals surface area contributed by atoms with Crippen LogP contribution in [0.25, 0.3) is 97.8 Å². The van der Waals surface area contributed by atoms with Gasteiger partial charge in [0.2, 0.25) is 5.95 Å². The lowest BCUT2D eigenvalue weighted by Crippen LogP contribution is -2.04. The second kappa shape index (κ2) is 11.0. The topological polar surface area (TPSA) is 35.6 Å². The molecule has 0 amide bonds. The van der Waals surface area contributed by atoms with Gasteiger partial charge in [-0.25, -0.2) is 9.97 Å². The normalized spacial score (nSPS) is 11.9. The summed E-state index contributed by atoms with van der Waals surface area (Å²) < 4.78 is 7.12. The van der Waals surface area contributed by atoms with Crippen molar-refractivity contribution in [3.8, 4) is 34.0 Å². The minimum absolute atomic E-state index is 0.663. The Bertz CT molecular complexity index is 3120. The molecule has 4 nitrogen and oxygen atoms in total. The molecule has 0 spiro atoms. The summed E-state index contributed by atoms with van der Waals surface area (Å²) in [6, 6.07) is 58.4. The maximum atomic E-state index is 5.48. The van der Waals surface area contributed by atoms with Crippen molar-refractivity contribution in [2.45, 2.75) is 0 Å². The SMILES string of the molecule is c1ccc(-c2ccc(-c3nc(-n4c5cc6c(ccn6-c6ccccc6)cc5c5ccc6sc7ccccc7c6c54)nc4ccccc34)cc2)cc1. The molecule has 11 aromatic rings. The summed E-state index contributed by atoms with van der Waals surface area (Å²) in [5.41, 5.74) is 9.75. The third-order valence-corrected chi connectivity index (χ3v) is 11.3. The van der Waals surface area contributed by atoms with Gasteiger partial charge in [-0.05, 0) is 59.7 Å². The van der Waals surface area contributed by atoms with E-state index in [1.807, 2.05) is 11.3 Å². The summed E-state index contributed by atoms with van der Waals surface area (Å²) >= 11 is 1.84. The van der Waals surface area contributed by atoms with Crippen LogP contribution in [-0.4, -0.2) is 19.1 Å². The van der Waals surface area contributed by atoms with Crippen molar-refractivity contribution >= 4 is 75.1 Å². The Kier molecular flexibility index (Phi) is 6.09. The van der Waals surface area contributed by atoms with Gasteiger partial charge in [0.15, 0.2) is 0 Å². The number of rotatable bonds is 4. The summed E-state index contributed by atoms with van der Waals surface area (Å²) in [4.78, 5) is 10.8. The molecule has 11 rings (SSSR count). The first kappa shape index (κ1) is 28.3. The highest BCUT2D eigenvalue weighted by atomic mass is 32.1. The van der Waals surface area contributed by atoms with Crippen LogP contribution in [-0.2, 0) is 0 Å². The number of nitrogens with zero attached hydrogens (tertiary/aromatic N) is 4. The van der Waals surface area contributed by atoms with Crippen molar-refractivity contribution < 1.29 is 0 Å². The van der Waals surface area contributed by atoms with Gasteiger partial charge in [-0.15, -0.1) is 11.3 Å². The maximum Gasteiger partial charge on any atom is 0.235 e. The van der Waals surface area contributed by atoms with Gasteiger partial charge in [-0.2, -0.15) is 0 Å². The van der Waals surface area contributed by atoms with Gasteiger partial charge in [0.1, 0.15) is 0 Å². The lowest BCUT2D eigenvalue weighted by atomic mass is 10.0. The predicted octanol–water partition coefficient (Wildman–Crippen LogP) is 12.4. The summed E-state index contributed by atoms with van der Waals surface area (Å²) in [5.74, 6) is 0.663. The summed E-state index contributed by atoms with van der Waals surface area (Å²) in [7, 11) is 0. The van der Waals surface area contributed by atoms with E-state index in [4.69, 9.17) is 9.97 Å². The van der Waals surface area contributed by atoms with E-state index >= 15 is 0 Å². The third-order valence-electron chi connectivity index (χ3n) is 10.2. The van der Waals surface area contributed by atoms with Gasteiger partial charge in [0.05, 0.1) is 27.8 Å². The minimum atomic E-state index is 0.663. The Morgan fingerprint density at radius 1 is 0.471 bits per heavy atom. The molecule has 0 aliphatic heterocycles. The molecule has 0 aliphatic carbocycles. The fraction of sp³-hybridized carbons (Fsp3) is 0. The van der Waals surface area contributed by atoms with Crippen molar-refractivity contribution in [3.05, 3.63) is 170 Å². The van der Waals surface area contributed by atoms with E-state index in [2.05, 4.69) is 179 Å². The van der Waals surface area contributed by atoms with E-state index in [0.29, 0.717) is 5.95 Å². The van der Waals surface area contributed by atoms with Crippen molar-refractivity contribution in [2.24, 2.45) is 0 Å². The maximum absolute atomic E-state index is 5.48. The summed E-state index contributed by atoms with van der Waals surface area (Å²) in [5, 5.41) is 7.10. The first-order chi connectivity index (χ1) is 25.3. The molecule has 4 heterocycles. The fourth-order valence-corrected chi connectivity index (χ4v) is 8.91. The molecule has 4 aromatic heterocycles. The zero-order valence-electron chi connectivity index (χ0n) is 27.4. The zero-order valence-corrected chi connectivity index (χ0v) is 28.2. The molecule has 0 unspecified atom stereocenters. The van der Waals surface area contributed by atoms with Crippen molar-refractivity contribution in [1.82, 2.24) is 19.1 Å². The average Bonchev–Trinajstić information content (AvgIpc) is 3.88. The van der Waals surface area contributed by atoms with E-state index in [0.717, 1.165) is 44.4 Å². The molecule has 0 N–H and O–H groups in total. The highest BCUT2D eigenvalue weighted by Crippen LogP contribution is 2.44. The standard InChI is InChI=1S/C46H28N4S/c1-3-11-29(12-4-1)30-19-21-31(22-20-30)44-35-15-7-9-17-38(35)47-46(48-44)50-40-28-39-32(25-26-49(39)33-13-5-2-6-14-33)27-37(40)34-23-24-42-43(45(34)50)36-16-8-10-18-41(36)51-42/h1-28H. The largest absolute Gasteiger partial charge is 0.316 e. The Morgan fingerprint density at radius 3 is 2.02 bits per heavy atom. The monoisotopic (exact) mass is 668 g/mol. The molecule has 0 radical (unpaired) electrons. The molecule has 51 heavy (non-hydrogen) atoms. The Morgan fingerprint density at radius 2 is 1.18 bits per heavy atom. The third kappa shape index (κ3) is 4.32. The Labute approximate surface area is 297 Å². The minimum Gasteiger partial charge on any atom is -0.316 e. The molecular formula is C46H28N4S. The summed E-state index contributed by atoms with van der Waals surface area (Å²) in [6.45, 7) is 0. The smallest absolute Gasteiger partial charge is 0.235 e. The number of para-hydroxylation sites is 2. The second-order valence-electron chi connectivity index (χ2n) is 13.1. The van der Waals surface area contributed by atoms with Crippen LogP contribution >= 0.6 is 11.3 Å². The molecular weight excluding hydrogens is 641 g/mol. The Balaban J connectivity index is 1.25. The summed E-state index contributed by atoms with van der Waals surface area (Å²) in [6.07, 6.45) is 2.17. The van der Waals surface area contributed by atoms with Crippen LogP contribution in [0.1, 0.15) is 0 Å². The lowest BCUT2D eigenvalue weighted by Gasteiger charge is -2.13. The van der Waals surface area contributed by atoms with Gasteiger partial charge >= 0.3 is 0 Å². The van der Waals surface area contributed by atoms with Crippen molar-refractivity contribution in [3.63, 3.8) is 0 Å². The van der Waals surface area contributed by atoms with Crippen LogP contribution in [0.5, 0.6) is 0 Å². The first-order valence-electron chi connectivity index (χ1n) is 17.2. The number of fused-ring (bicyclic) bond motifs is 9. The highest BCUT2D eigenvalue weighted by molar-refractivity contribution is 7.26. The highest BCUT2D eigenvalue weighted by Gasteiger charge is 2.22. The molecule has 0 bridgehead atoms. The zero-order chi connectivity index (χ0) is 33.5. The number of hydrogen-bond donors (Lipinski definition) is 0. The molecule has 0 atom stereocenters. The van der Waals surface area contributed by atoms with Gasteiger partial charge < -0.3 is 4.57 Å². The number of hydrogen-bond acceptors (Lipinski definition) is 3. The van der Waals surface area contributed by atoms with Crippen molar-refractivity contribution in [1.29, 1.82) is 0 Å². The Hall–Kier alpha value is -6.56. The van der Waals surface area contributed by atoms with Crippen LogP contribution in [0, 0.1) is 0 Å². The van der Waals surface area contributed by atoms with Gasteiger partial charge in [0, 0.05) is 59.2 Å². The van der Waals surface area contributed by atoms with Crippen LogP contribution in [0.15, 0.2) is 170 Å². The van der Waals surface area contributed by atoms with Crippen molar-refractivity contribution in [2.75, 3.05) is 0 Å². The van der Waals surface area contributed by atoms with E-state index in [-0.39, 0.29) is 0 Å². The fourth-order valence-electron chi connectivity index (χ4n) is 7.80. The van der Waals surface area contributed by atoms with Crippen LogP contribution in [0.2, 0.25) is 0 Å². The molecule has 5 heteroatoms. The molecule has 0 fully saturated rings. The van der Waals surface area contributed by atoms with E-state index < -0.39 is 0 Å². The molecule has 0 saturated heterocycles. The predicted molar refractivity (Wildman–Crippen MR) is 214 cm³/mol. The molecule has 7 aromatic carbocycles. The van der Waals surface area contributed by atoms with Gasteiger partial charge in [-0.1, -0.05) is 115 Å². The van der Waals surface area contributed by atoms with Crippen LogP contribution in [0.4, 0.5) is 0 Å². The molecule has 0 aliphatic rings. The van der Waals surface area contributed by atoms with Crippen LogP contribution < -0.4 is 0 Å². The average molecular weight is 669 g/mol. The molecule has 0 saturated carbocycles. The number of thiophene rings is 1. The second-order valence-corrected chi connectivity index (χ2v) is 14.1. The van der Waals surface area contributed by atoms with E-state index in [1.54, 1.807) is 0 Å². The van der Waals surface area contributed by atoms with E-state index in [1.165, 1.54) is 47.5 Å². The number of aromatic nitrogens is 4.